The number of imide groups is 1. The highest BCUT2D eigenvalue weighted by atomic mass is 16.2. The number of benzene rings is 1. The van der Waals surface area contributed by atoms with Crippen LogP contribution >= 0.6 is 0 Å². The lowest BCUT2D eigenvalue weighted by atomic mass is 9.64. The number of amides is 4. The summed E-state index contributed by atoms with van der Waals surface area (Å²) in [5.41, 5.74) is 0.278. The zero-order valence-corrected chi connectivity index (χ0v) is 18.0. The van der Waals surface area contributed by atoms with Gasteiger partial charge in [-0.05, 0) is 42.6 Å². The SMILES string of the molecule is CCC(CNC(=O)CN1C(=O)NC2(CC(C)CC(C)(C)C2)C1=O)c1ccccc1. The highest BCUT2D eigenvalue weighted by molar-refractivity contribution is 6.09. The summed E-state index contributed by atoms with van der Waals surface area (Å²) in [6, 6.07) is 9.58. The molecule has 3 rings (SSSR count). The zero-order chi connectivity index (χ0) is 21.2. The van der Waals surface area contributed by atoms with Crippen molar-refractivity contribution in [2.75, 3.05) is 13.1 Å². The van der Waals surface area contributed by atoms with E-state index in [0.717, 1.165) is 17.7 Å². The molecule has 1 aromatic carbocycles. The van der Waals surface area contributed by atoms with E-state index in [0.29, 0.717) is 25.3 Å². The summed E-state index contributed by atoms with van der Waals surface area (Å²) in [5, 5.41) is 5.82. The molecule has 1 saturated heterocycles. The number of carbonyl (C=O) groups is 3. The van der Waals surface area contributed by atoms with Crippen molar-refractivity contribution >= 4 is 17.8 Å². The molecule has 6 nitrogen and oxygen atoms in total. The molecule has 1 saturated carbocycles. The van der Waals surface area contributed by atoms with Crippen molar-refractivity contribution in [3.63, 3.8) is 0 Å². The monoisotopic (exact) mass is 399 g/mol. The molecule has 3 unspecified atom stereocenters. The number of carbonyl (C=O) groups excluding carboxylic acids is 3. The predicted molar refractivity (Wildman–Crippen MR) is 112 cm³/mol. The van der Waals surface area contributed by atoms with E-state index >= 15 is 0 Å². The second kappa shape index (κ2) is 8.17. The summed E-state index contributed by atoms with van der Waals surface area (Å²) >= 11 is 0. The summed E-state index contributed by atoms with van der Waals surface area (Å²) in [6.45, 7) is 8.72. The molecule has 1 aliphatic carbocycles. The quantitative estimate of drug-likeness (QED) is 0.720. The van der Waals surface area contributed by atoms with Gasteiger partial charge < -0.3 is 10.6 Å². The normalized spacial score (nSPS) is 27.0. The summed E-state index contributed by atoms with van der Waals surface area (Å²) in [5.74, 6) is -0.0158. The van der Waals surface area contributed by atoms with Gasteiger partial charge in [0.05, 0.1) is 0 Å². The lowest BCUT2D eigenvalue weighted by molar-refractivity contribution is -0.137. The number of nitrogens with one attached hydrogen (secondary N) is 2. The van der Waals surface area contributed by atoms with Crippen LogP contribution in [0.2, 0.25) is 0 Å². The highest BCUT2D eigenvalue weighted by Crippen LogP contribution is 2.46. The van der Waals surface area contributed by atoms with Gasteiger partial charge in [0.25, 0.3) is 5.91 Å². The van der Waals surface area contributed by atoms with E-state index in [4.69, 9.17) is 0 Å². The first kappa shape index (κ1) is 21.3. The Balaban J connectivity index is 1.62. The Morgan fingerprint density at radius 2 is 1.93 bits per heavy atom. The van der Waals surface area contributed by atoms with Gasteiger partial charge in [-0.2, -0.15) is 0 Å². The molecule has 1 spiro atoms. The van der Waals surface area contributed by atoms with Crippen LogP contribution in [0.15, 0.2) is 30.3 Å². The molecule has 6 heteroatoms. The topological polar surface area (TPSA) is 78.5 Å². The van der Waals surface area contributed by atoms with E-state index in [1.54, 1.807) is 0 Å². The minimum atomic E-state index is -0.867. The van der Waals surface area contributed by atoms with Gasteiger partial charge in [0.1, 0.15) is 12.1 Å². The summed E-state index contributed by atoms with van der Waals surface area (Å²) in [7, 11) is 0. The lowest BCUT2D eigenvalue weighted by Gasteiger charge is -2.43. The fraction of sp³-hybridized carbons (Fsp3) is 0.609. The van der Waals surface area contributed by atoms with Gasteiger partial charge in [-0.15, -0.1) is 0 Å². The first-order valence-corrected chi connectivity index (χ1v) is 10.6. The first-order chi connectivity index (χ1) is 13.7. The van der Waals surface area contributed by atoms with Crippen molar-refractivity contribution in [3.8, 4) is 0 Å². The molecule has 4 amide bonds. The Bertz CT molecular complexity index is 777. The van der Waals surface area contributed by atoms with Gasteiger partial charge in [-0.1, -0.05) is 58.0 Å². The van der Waals surface area contributed by atoms with Crippen LogP contribution < -0.4 is 10.6 Å². The van der Waals surface area contributed by atoms with E-state index in [1.165, 1.54) is 5.56 Å². The number of rotatable bonds is 6. The third-order valence-corrected chi connectivity index (χ3v) is 6.24. The van der Waals surface area contributed by atoms with Crippen molar-refractivity contribution in [2.24, 2.45) is 11.3 Å². The average Bonchev–Trinajstić information content (AvgIpc) is 2.84. The summed E-state index contributed by atoms with van der Waals surface area (Å²) in [6.07, 6.45) is 3.16. The molecule has 1 aromatic rings. The van der Waals surface area contributed by atoms with Crippen LogP contribution in [-0.2, 0) is 9.59 Å². The predicted octanol–water partition coefficient (Wildman–Crippen LogP) is 3.43. The molecule has 29 heavy (non-hydrogen) atoms. The third kappa shape index (κ3) is 4.62. The molecule has 1 heterocycles. The Hall–Kier alpha value is -2.37. The van der Waals surface area contributed by atoms with Crippen molar-refractivity contribution in [3.05, 3.63) is 35.9 Å². The zero-order valence-electron chi connectivity index (χ0n) is 18.0. The fourth-order valence-corrected chi connectivity index (χ4v) is 5.31. The maximum Gasteiger partial charge on any atom is 0.325 e. The van der Waals surface area contributed by atoms with Crippen LogP contribution in [0.1, 0.15) is 64.9 Å². The first-order valence-electron chi connectivity index (χ1n) is 10.6. The molecule has 0 radical (unpaired) electrons. The van der Waals surface area contributed by atoms with Gasteiger partial charge in [0.2, 0.25) is 5.91 Å². The number of hydrogen-bond acceptors (Lipinski definition) is 3. The van der Waals surface area contributed by atoms with Gasteiger partial charge in [0, 0.05) is 12.5 Å². The second-order valence-electron chi connectivity index (χ2n) is 9.58. The van der Waals surface area contributed by atoms with Crippen LogP contribution in [0, 0.1) is 11.3 Å². The van der Waals surface area contributed by atoms with Gasteiger partial charge >= 0.3 is 6.03 Å². The summed E-state index contributed by atoms with van der Waals surface area (Å²) in [4.78, 5) is 39.3. The van der Waals surface area contributed by atoms with Crippen LogP contribution in [-0.4, -0.2) is 41.4 Å². The number of hydrogen-bond donors (Lipinski definition) is 2. The van der Waals surface area contributed by atoms with Crippen molar-refractivity contribution < 1.29 is 14.4 Å². The van der Waals surface area contributed by atoms with Crippen LogP contribution in [0.25, 0.3) is 0 Å². The Kier molecular flexibility index (Phi) is 6.01. The standard InChI is InChI=1S/C23H33N3O3/c1-5-17(18-9-7-6-8-10-18)13-24-19(27)14-26-20(28)23(25-21(26)29)12-16(2)11-22(3,4)15-23/h6-10,16-17H,5,11-15H2,1-4H3,(H,24,27)(H,25,29). The molecule has 2 aliphatic rings. The molecule has 158 valence electrons. The smallest absolute Gasteiger partial charge is 0.325 e. The van der Waals surface area contributed by atoms with Gasteiger partial charge in [-0.25, -0.2) is 4.79 Å². The third-order valence-electron chi connectivity index (χ3n) is 6.24. The highest BCUT2D eigenvalue weighted by Gasteiger charge is 2.56. The number of urea groups is 1. The molecule has 1 aliphatic heterocycles. The fourth-order valence-electron chi connectivity index (χ4n) is 5.31. The Morgan fingerprint density at radius 1 is 1.24 bits per heavy atom. The molecule has 2 fully saturated rings. The number of nitrogens with zero attached hydrogens (tertiary/aromatic N) is 1. The van der Waals surface area contributed by atoms with E-state index in [1.807, 2.05) is 30.3 Å². The largest absolute Gasteiger partial charge is 0.354 e. The molecular weight excluding hydrogens is 366 g/mol. The lowest BCUT2D eigenvalue weighted by Crippen LogP contribution is -2.54. The van der Waals surface area contributed by atoms with E-state index < -0.39 is 11.6 Å². The molecule has 3 atom stereocenters. The Labute approximate surface area is 173 Å². The second-order valence-corrected chi connectivity index (χ2v) is 9.58. The van der Waals surface area contributed by atoms with Crippen LogP contribution in [0.5, 0.6) is 0 Å². The van der Waals surface area contributed by atoms with Gasteiger partial charge in [-0.3, -0.25) is 14.5 Å². The molecular formula is C23H33N3O3. The van der Waals surface area contributed by atoms with Gasteiger partial charge in [0.15, 0.2) is 0 Å². The summed E-state index contributed by atoms with van der Waals surface area (Å²) < 4.78 is 0. The van der Waals surface area contributed by atoms with E-state index in [9.17, 15) is 14.4 Å². The van der Waals surface area contributed by atoms with Crippen molar-refractivity contribution in [1.29, 1.82) is 0 Å². The van der Waals surface area contributed by atoms with Crippen LogP contribution in [0.4, 0.5) is 4.79 Å². The minimum Gasteiger partial charge on any atom is -0.354 e. The minimum absolute atomic E-state index is 0.0249. The van der Waals surface area contributed by atoms with E-state index in [2.05, 4.69) is 38.3 Å². The van der Waals surface area contributed by atoms with Crippen LogP contribution in [0.3, 0.4) is 0 Å². The molecule has 0 bridgehead atoms. The molecule has 2 N–H and O–H groups in total. The maximum absolute atomic E-state index is 13.1. The maximum atomic E-state index is 13.1. The Morgan fingerprint density at radius 3 is 2.55 bits per heavy atom. The van der Waals surface area contributed by atoms with Crippen molar-refractivity contribution in [1.82, 2.24) is 15.5 Å². The molecule has 0 aromatic heterocycles. The van der Waals surface area contributed by atoms with Crippen molar-refractivity contribution in [2.45, 2.75) is 64.8 Å². The average molecular weight is 400 g/mol. The van der Waals surface area contributed by atoms with E-state index in [-0.39, 0.29) is 29.7 Å².